The van der Waals surface area contributed by atoms with E-state index in [1.54, 1.807) is 30.3 Å². The number of carbonyl (C=O) groups is 2. The highest BCUT2D eigenvalue weighted by Crippen LogP contribution is 2.22. The number of ether oxygens (including phenoxy) is 1. The lowest BCUT2D eigenvalue weighted by Gasteiger charge is -2.10. The van der Waals surface area contributed by atoms with Crippen molar-refractivity contribution >= 4 is 29.1 Å². The number of nitrogens with one attached hydrogen (secondary N) is 2. The SMILES string of the molecule is COc1ccccc1NC(=O)C(=O)NCCc1cccc(Cl)c1. The third-order valence-corrected chi connectivity index (χ3v) is 3.38. The molecular formula is C17H17ClN2O3. The summed E-state index contributed by atoms with van der Waals surface area (Å²) in [6, 6.07) is 14.2. The number of rotatable bonds is 5. The molecule has 0 atom stereocenters. The number of anilines is 1. The molecule has 2 aromatic rings. The molecule has 0 aromatic heterocycles. The Morgan fingerprint density at radius 1 is 1.09 bits per heavy atom. The van der Waals surface area contributed by atoms with Crippen molar-refractivity contribution in [1.29, 1.82) is 0 Å². The van der Waals surface area contributed by atoms with Crippen molar-refractivity contribution in [1.82, 2.24) is 5.32 Å². The second-order valence-corrected chi connectivity index (χ2v) is 5.23. The number of methoxy groups -OCH3 is 1. The standard InChI is InChI=1S/C17H17ClN2O3/c1-23-15-8-3-2-7-14(15)20-17(22)16(21)19-10-9-12-5-4-6-13(18)11-12/h2-8,11H,9-10H2,1H3,(H,19,21)(H,20,22). The number of hydrogen-bond acceptors (Lipinski definition) is 3. The molecule has 6 heteroatoms. The molecule has 0 aliphatic rings. The zero-order chi connectivity index (χ0) is 16.7. The van der Waals surface area contributed by atoms with Crippen LogP contribution < -0.4 is 15.4 Å². The first kappa shape index (κ1) is 16.8. The maximum atomic E-state index is 11.9. The van der Waals surface area contributed by atoms with Gasteiger partial charge in [-0.15, -0.1) is 0 Å². The van der Waals surface area contributed by atoms with Gasteiger partial charge in [-0.25, -0.2) is 0 Å². The van der Waals surface area contributed by atoms with Crippen molar-refractivity contribution < 1.29 is 14.3 Å². The van der Waals surface area contributed by atoms with Crippen LogP contribution in [0.1, 0.15) is 5.56 Å². The molecule has 120 valence electrons. The number of amides is 2. The molecule has 2 amide bonds. The third-order valence-electron chi connectivity index (χ3n) is 3.15. The van der Waals surface area contributed by atoms with Crippen LogP contribution in [0.3, 0.4) is 0 Å². The van der Waals surface area contributed by atoms with Gasteiger partial charge in [-0.05, 0) is 36.2 Å². The zero-order valence-corrected chi connectivity index (χ0v) is 13.4. The monoisotopic (exact) mass is 332 g/mol. The summed E-state index contributed by atoms with van der Waals surface area (Å²) < 4.78 is 5.12. The van der Waals surface area contributed by atoms with E-state index in [9.17, 15) is 9.59 Å². The van der Waals surface area contributed by atoms with E-state index in [1.807, 2.05) is 18.2 Å². The Bertz CT molecular complexity index is 704. The Balaban J connectivity index is 1.84. The lowest BCUT2D eigenvalue weighted by Crippen LogP contribution is -2.36. The molecule has 2 rings (SSSR count). The second kappa shape index (κ2) is 8.19. The van der Waals surface area contributed by atoms with E-state index in [1.165, 1.54) is 7.11 Å². The van der Waals surface area contributed by atoms with Crippen molar-refractivity contribution in [2.45, 2.75) is 6.42 Å². The minimum atomic E-state index is -0.736. The molecule has 0 spiro atoms. The molecular weight excluding hydrogens is 316 g/mol. The van der Waals surface area contributed by atoms with E-state index in [-0.39, 0.29) is 0 Å². The minimum absolute atomic E-state index is 0.346. The van der Waals surface area contributed by atoms with Crippen molar-refractivity contribution in [2.24, 2.45) is 0 Å². The van der Waals surface area contributed by atoms with E-state index >= 15 is 0 Å². The first-order chi connectivity index (χ1) is 11.1. The highest BCUT2D eigenvalue weighted by Gasteiger charge is 2.14. The van der Waals surface area contributed by atoms with E-state index in [0.717, 1.165) is 5.56 Å². The molecule has 0 bridgehead atoms. The molecule has 0 saturated carbocycles. The quantitative estimate of drug-likeness (QED) is 0.827. The van der Waals surface area contributed by atoms with Crippen LogP contribution >= 0.6 is 11.6 Å². The van der Waals surface area contributed by atoms with Crippen LogP contribution in [0.5, 0.6) is 5.75 Å². The van der Waals surface area contributed by atoms with Gasteiger partial charge >= 0.3 is 11.8 Å². The van der Waals surface area contributed by atoms with Gasteiger partial charge in [-0.3, -0.25) is 9.59 Å². The van der Waals surface area contributed by atoms with Gasteiger partial charge in [0, 0.05) is 11.6 Å². The Labute approximate surface area is 139 Å². The lowest BCUT2D eigenvalue weighted by atomic mass is 10.1. The Hall–Kier alpha value is -2.53. The summed E-state index contributed by atoms with van der Waals surface area (Å²) in [5.74, 6) is -0.939. The number of para-hydroxylation sites is 2. The number of halogens is 1. The molecule has 0 fully saturated rings. The fourth-order valence-electron chi connectivity index (χ4n) is 2.02. The Morgan fingerprint density at radius 3 is 2.61 bits per heavy atom. The van der Waals surface area contributed by atoms with E-state index in [0.29, 0.717) is 29.4 Å². The first-order valence-electron chi connectivity index (χ1n) is 7.07. The summed E-state index contributed by atoms with van der Waals surface area (Å²) in [6.07, 6.45) is 0.592. The van der Waals surface area contributed by atoms with Gasteiger partial charge in [-0.1, -0.05) is 35.9 Å². The molecule has 23 heavy (non-hydrogen) atoms. The maximum absolute atomic E-state index is 11.9. The number of hydrogen-bond donors (Lipinski definition) is 2. The minimum Gasteiger partial charge on any atom is -0.495 e. The van der Waals surface area contributed by atoms with Crippen LogP contribution in [0.15, 0.2) is 48.5 Å². The third kappa shape index (κ3) is 5.00. The lowest BCUT2D eigenvalue weighted by molar-refractivity contribution is -0.136. The van der Waals surface area contributed by atoms with Crippen molar-refractivity contribution in [3.63, 3.8) is 0 Å². The molecule has 0 heterocycles. The summed E-state index contributed by atoms with van der Waals surface area (Å²) in [7, 11) is 1.50. The molecule has 5 nitrogen and oxygen atoms in total. The van der Waals surface area contributed by atoms with Crippen LogP contribution in [0.25, 0.3) is 0 Å². The van der Waals surface area contributed by atoms with Crippen LogP contribution in [-0.4, -0.2) is 25.5 Å². The van der Waals surface area contributed by atoms with Crippen LogP contribution in [0.2, 0.25) is 5.02 Å². The van der Waals surface area contributed by atoms with Crippen LogP contribution in [0.4, 0.5) is 5.69 Å². The van der Waals surface area contributed by atoms with E-state index in [4.69, 9.17) is 16.3 Å². The zero-order valence-electron chi connectivity index (χ0n) is 12.6. The Kier molecular flexibility index (Phi) is 6.00. The van der Waals surface area contributed by atoms with Gasteiger partial charge < -0.3 is 15.4 Å². The highest BCUT2D eigenvalue weighted by atomic mass is 35.5. The summed E-state index contributed by atoms with van der Waals surface area (Å²) in [5, 5.41) is 5.74. The summed E-state index contributed by atoms with van der Waals surface area (Å²) in [4.78, 5) is 23.7. The molecule has 0 saturated heterocycles. The number of benzene rings is 2. The van der Waals surface area contributed by atoms with Gasteiger partial charge in [0.15, 0.2) is 0 Å². The predicted molar refractivity (Wildman–Crippen MR) is 89.8 cm³/mol. The summed E-state index contributed by atoms with van der Waals surface area (Å²) in [6.45, 7) is 0.346. The second-order valence-electron chi connectivity index (χ2n) is 4.79. The summed E-state index contributed by atoms with van der Waals surface area (Å²) >= 11 is 5.89. The van der Waals surface area contributed by atoms with Crippen molar-refractivity contribution in [3.05, 3.63) is 59.1 Å². The molecule has 2 aromatic carbocycles. The fourth-order valence-corrected chi connectivity index (χ4v) is 2.23. The fraction of sp³-hybridized carbons (Fsp3) is 0.176. The van der Waals surface area contributed by atoms with Gasteiger partial charge in [0.25, 0.3) is 0 Å². The molecule has 0 aliphatic carbocycles. The number of carbonyl (C=O) groups excluding carboxylic acids is 2. The molecule has 2 N–H and O–H groups in total. The van der Waals surface area contributed by atoms with Crippen LogP contribution in [0, 0.1) is 0 Å². The predicted octanol–water partition coefficient (Wildman–Crippen LogP) is 2.65. The topological polar surface area (TPSA) is 67.4 Å². The summed E-state index contributed by atoms with van der Waals surface area (Å²) in [5.41, 5.74) is 1.44. The smallest absolute Gasteiger partial charge is 0.313 e. The van der Waals surface area contributed by atoms with Crippen LogP contribution in [-0.2, 0) is 16.0 Å². The van der Waals surface area contributed by atoms with Gasteiger partial charge in [0.05, 0.1) is 12.8 Å². The average molecular weight is 333 g/mol. The van der Waals surface area contributed by atoms with Gasteiger partial charge in [-0.2, -0.15) is 0 Å². The van der Waals surface area contributed by atoms with Crippen molar-refractivity contribution in [3.8, 4) is 5.75 Å². The first-order valence-corrected chi connectivity index (χ1v) is 7.44. The molecule has 0 unspecified atom stereocenters. The molecule has 0 aliphatic heterocycles. The van der Waals surface area contributed by atoms with Gasteiger partial charge in [0.2, 0.25) is 0 Å². The largest absolute Gasteiger partial charge is 0.495 e. The van der Waals surface area contributed by atoms with Crippen molar-refractivity contribution in [2.75, 3.05) is 19.0 Å². The average Bonchev–Trinajstić information content (AvgIpc) is 2.55. The van der Waals surface area contributed by atoms with Gasteiger partial charge in [0.1, 0.15) is 5.75 Å². The highest BCUT2D eigenvalue weighted by molar-refractivity contribution is 6.39. The van der Waals surface area contributed by atoms with E-state index in [2.05, 4.69) is 10.6 Å². The molecule has 0 radical (unpaired) electrons. The van der Waals surface area contributed by atoms with E-state index < -0.39 is 11.8 Å². The normalized spacial score (nSPS) is 10.0. The maximum Gasteiger partial charge on any atom is 0.313 e. The Morgan fingerprint density at radius 2 is 1.87 bits per heavy atom.